The lowest BCUT2D eigenvalue weighted by Gasteiger charge is -2.05. The predicted molar refractivity (Wildman–Crippen MR) is 73.2 cm³/mol. The number of nitrogen functional groups attached to an aromatic ring is 1. The predicted octanol–water partition coefficient (Wildman–Crippen LogP) is 2.80. The van der Waals surface area contributed by atoms with Gasteiger partial charge < -0.3 is 5.73 Å². The van der Waals surface area contributed by atoms with Crippen LogP contribution in [0.2, 0.25) is 0 Å². The molecule has 18 heavy (non-hydrogen) atoms. The van der Waals surface area contributed by atoms with Gasteiger partial charge >= 0.3 is 0 Å². The Morgan fingerprint density at radius 3 is 2.67 bits per heavy atom. The molecule has 1 aromatic carbocycles. The van der Waals surface area contributed by atoms with Crippen LogP contribution in [0, 0.1) is 0 Å². The minimum atomic E-state index is 0.693. The maximum absolute atomic E-state index is 5.64. The first-order chi connectivity index (χ1) is 8.83. The Morgan fingerprint density at radius 1 is 0.944 bits per heavy atom. The van der Waals surface area contributed by atoms with Crippen molar-refractivity contribution in [3.8, 4) is 0 Å². The zero-order valence-corrected chi connectivity index (χ0v) is 9.88. The van der Waals surface area contributed by atoms with Crippen LogP contribution in [0.5, 0.6) is 0 Å². The van der Waals surface area contributed by atoms with Crippen molar-refractivity contribution in [2.24, 2.45) is 0 Å². The van der Waals surface area contributed by atoms with Crippen LogP contribution in [0.4, 0.5) is 5.69 Å². The summed E-state index contributed by atoms with van der Waals surface area (Å²) in [4.78, 5) is 8.69. The van der Waals surface area contributed by atoms with Gasteiger partial charge in [0.2, 0.25) is 0 Å². The lowest BCUT2D eigenvalue weighted by atomic mass is 10.0. The average molecular weight is 235 g/mol. The molecule has 88 valence electrons. The van der Waals surface area contributed by atoms with Gasteiger partial charge in [-0.1, -0.05) is 18.2 Å². The van der Waals surface area contributed by atoms with Gasteiger partial charge in [0.1, 0.15) is 0 Å². The number of hydrogen-bond donors (Lipinski definition) is 1. The summed E-state index contributed by atoms with van der Waals surface area (Å²) in [6.45, 7) is 0. The summed E-state index contributed by atoms with van der Waals surface area (Å²) < 4.78 is 0. The van der Waals surface area contributed by atoms with Gasteiger partial charge in [-0.3, -0.25) is 9.97 Å². The highest BCUT2D eigenvalue weighted by molar-refractivity contribution is 5.82. The second kappa shape index (κ2) is 4.45. The van der Waals surface area contributed by atoms with Crippen LogP contribution < -0.4 is 5.73 Å². The first-order valence-corrected chi connectivity index (χ1v) is 5.86. The Bertz CT molecular complexity index is 669. The molecule has 3 rings (SSSR count). The minimum Gasteiger partial charge on any atom is -0.397 e. The highest BCUT2D eigenvalue weighted by Gasteiger charge is 2.03. The van der Waals surface area contributed by atoms with Gasteiger partial charge in [0.05, 0.1) is 17.4 Å². The molecule has 0 saturated carbocycles. The Morgan fingerprint density at radius 2 is 1.83 bits per heavy atom. The van der Waals surface area contributed by atoms with Crippen molar-refractivity contribution < 1.29 is 0 Å². The normalized spacial score (nSPS) is 10.7. The second-order valence-electron chi connectivity index (χ2n) is 4.25. The van der Waals surface area contributed by atoms with Crippen molar-refractivity contribution in [3.63, 3.8) is 0 Å². The van der Waals surface area contributed by atoms with E-state index in [1.54, 1.807) is 6.20 Å². The zero-order chi connectivity index (χ0) is 12.4. The molecule has 0 unspecified atom stereocenters. The molecule has 0 bridgehead atoms. The lowest BCUT2D eigenvalue weighted by Crippen LogP contribution is -1.95. The van der Waals surface area contributed by atoms with Crippen molar-refractivity contribution in [2.45, 2.75) is 6.42 Å². The van der Waals surface area contributed by atoms with Gasteiger partial charge in [-0.05, 0) is 29.8 Å². The van der Waals surface area contributed by atoms with Crippen molar-refractivity contribution in [1.29, 1.82) is 0 Å². The molecule has 0 atom stereocenters. The summed E-state index contributed by atoms with van der Waals surface area (Å²) >= 11 is 0. The summed E-state index contributed by atoms with van der Waals surface area (Å²) in [6, 6.07) is 14.0. The van der Waals surface area contributed by atoms with E-state index in [1.807, 2.05) is 42.6 Å². The quantitative estimate of drug-likeness (QED) is 0.743. The fraction of sp³-hybridized carbons (Fsp3) is 0.0667. The van der Waals surface area contributed by atoms with E-state index >= 15 is 0 Å². The third-order valence-corrected chi connectivity index (χ3v) is 2.96. The maximum atomic E-state index is 5.64. The van der Waals surface area contributed by atoms with Gasteiger partial charge in [-0.2, -0.15) is 0 Å². The minimum absolute atomic E-state index is 0.693. The number of fused-ring (bicyclic) bond motifs is 1. The molecule has 0 aliphatic carbocycles. The van der Waals surface area contributed by atoms with E-state index < -0.39 is 0 Å². The molecule has 0 saturated heterocycles. The van der Waals surface area contributed by atoms with Crippen LogP contribution in [0.3, 0.4) is 0 Å². The topological polar surface area (TPSA) is 51.8 Å². The smallest absolute Gasteiger partial charge is 0.0704 e. The summed E-state index contributed by atoms with van der Waals surface area (Å²) in [6.07, 6.45) is 4.33. The molecule has 0 aliphatic heterocycles. The van der Waals surface area contributed by atoms with Gasteiger partial charge in [0.25, 0.3) is 0 Å². The van der Waals surface area contributed by atoms with E-state index in [0.29, 0.717) is 5.69 Å². The highest BCUT2D eigenvalue weighted by atomic mass is 14.7. The Kier molecular flexibility index (Phi) is 2.65. The second-order valence-corrected chi connectivity index (χ2v) is 4.25. The molecule has 2 heterocycles. The van der Waals surface area contributed by atoms with E-state index in [0.717, 1.165) is 17.6 Å². The summed E-state index contributed by atoms with van der Waals surface area (Å²) in [5, 5.41) is 1.18. The Labute approximate surface area is 105 Å². The number of benzene rings is 1. The van der Waals surface area contributed by atoms with Crippen molar-refractivity contribution in [2.75, 3.05) is 5.73 Å². The number of hydrogen-bond acceptors (Lipinski definition) is 3. The standard InChI is InChI=1S/C15H13N3/c16-12-5-6-13(18-10-12)9-11-7-8-17-15-4-2-1-3-14(11)15/h1-8,10H,9,16H2. The third-order valence-electron chi connectivity index (χ3n) is 2.96. The number of rotatable bonds is 2. The van der Waals surface area contributed by atoms with Gasteiger partial charge in [0, 0.05) is 23.7 Å². The van der Waals surface area contributed by atoms with Crippen molar-refractivity contribution in [3.05, 3.63) is 66.1 Å². The molecule has 0 fully saturated rings. The van der Waals surface area contributed by atoms with Crippen LogP contribution in [0.1, 0.15) is 11.3 Å². The average Bonchev–Trinajstić information content (AvgIpc) is 2.42. The van der Waals surface area contributed by atoms with Crippen LogP contribution >= 0.6 is 0 Å². The molecular weight excluding hydrogens is 222 g/mol. The number of nitrogens with two attached hydrogens (primary N) is 1. The summed E-state index contributed by atoms with van der Waals surface area (Å²) in [5.74, 6) is 0. The zero-order valence-electron chi connectivity index (χ0n) is 9.88. The lowest BCUT2D eigenvalue weighted by molar-refractivity contribution is 1.08. The van der Waals surface area contributed by atoms with E-state index in [2.05, 4.69) is 16.0 Å². The van der Waals surface area contributed by atoms with E-state index in [-0.39, 0.29) is 0 Å². The largest absolute Gasteiger partial charge is 0.397 e. The van der Waals surface area contributed by atoms with Crippen LogP contribution in [-0.2, 0) is 6.42 Å². The third kappa shape index (κ3) is 2.02. The fourth-order valence-electron chi connectivity index (χ4n) is 2.04. The Balaban J connectivity index is 2.02. The first-order valence-electron chi connectivity index (χ1n) is 5.86. The molecule has 0 amide bonds. The molecule has 2 aromatic heterocycles. The SMILES string of the molecule is Nc1ccc(Cc2ccnc3ccccc23)nc1. The van der Waals surface area contributed by atoms with Crippen molar-refractivity contribution in [1.82, 2.24) is 9.97 Å². The van der Waals surface area contributed by atoms with E-state index in [1.165, 1.54) is 10.9 Å². The molecule has 0 radical (unpaired) electrons. The molecule has 0 aliphatic rings. The van der Waals surface area contributed by atoms with Gasteiger partial charge in [0.15, 0.2) is 0 Å². The number of aromatic nitrogens is 2. The maximum Gasteiger partial charge on any atom is 0.0704 e. The number of nitrogens with zero attached hydrogens (tertiary/aromatic N) is 2. The van der Waals surface area contributed by atoms with E-state index in [9.17, 15) is 0 Å². The first kappa shape index (κ1) is 10.7. The van der Waals surface area contributed by atoms with Crippen molar-refractivity contribution >= 4 is 16.6 Å². The molecule has 3 heteroatoms. The molecule has 3 nitrogen and oxygen atoms in total. The molecule has 0 spiro atoms. The molecular formula is C15H13N3. The fourth-order valence-corrected chi connectivity index (χ4v) is 2.04. The van der Waals surface area contributed by atoms with Gasteiger partial charge in [-0.25, -0.2) is 0 Å². The monoisotopic (exact) mass is 235 g/mol. The van der Waals surface area contributed by atoms with Crippen LogP contribution in [-0.4, -0.2) is 9.97 Å². The number of anilines is 1. The van der Waals surface area contributed by atoms with Gasteiger partial charge in [-0.15, -0.1) is 0 Å². The number of pyridine rings is 2. The van der Waals surface area contributed by atoms with Crippen LogP contribution in [0.25, 0.3) is 10.9 Å². The highest BCUT2D eigenvalue weighted by Crippen LogP contribution is 2.18. The molecule has 2 N–H and O–H groups in total. The Hall–Kier alpha value is -2.42. The molecule has 3 aromatic rings. The summed E-state index contributed by atoms with van der Waals surface area (Å²) in [7, 11) is 0. The van der Waals surface area contributed by atoms with E-state index in [4.69, 9.17) is 5.73 Å². The number of para-hydroxylation sites is 1. The summed E-state index contributed by atoms with van der Waals surface area (Å²) in [5.41, 5.74) is 9.60. The van der Waals surface area contributed by atoms with Crippen LogP contribution in [0.15, 0.2) is 54.9 Å².